The molecule has 0 saturated heterocycles. The molecule has 1 aliphatic carbocycles. The summed E-state index contributed by atoms with van der Waals surface area (Å²) in [5.74, 6) is -0.222. The minimum atomic E-state index is -0.720. The topological polar surface area (TPSA) is 141 Å². The van der Waals surface area contributed by atoms with Gasteiger partial charge in [-0.25, -0.2) is 4.98 Å². The lowest BCUT2D eigenvalue weighted by molar-refractivity contribution is -0.138. The average molecular weight is 552 g/mol. The number of anilines is 2. The minimum Gasteiger partial charge on any atom is -0.481 e. The van der Waals surface area contributed by atoms with Crippen molar-refractivity contribution >= 4 is 34.7 Å². The van der Waals surface area contributed by atoms with Gasteiger partial charge in [-0.1, -0.05) is 12.1 Å². The first kappa shape index (κ1) is 26.9. The molecule has 1 saturated carbocycles. The van der Waals surface area contributed by atoms with Crippen LogP contribution in [-0.2, 0) is 11.2 Å². The molecule has 0 bridgehead atoms. The number of aromatic nitrogens is 3. The number of benzene rings is 1. The number of nitrogens with zero attached hydrogens (tertiary/aromatic N) is 4. The number of nitrogens with two attached hydrogens (primary N) is 1. The maximum Gasteiger partial charge on any atom is 0.321 e. The van der Waals surface area contributed by atoms with E-state index in [1.54, 1.807) is 16.2 Å². The van der Waals surface area contributed by atoms with Gasteiger partial charge in [-0.15, -0.1) is 11.3 Å². The number of carbonyl (C=O) groups excluding carboxylic acids is 1. The van der Waals surface area contributed by atoms with Crippen molar-refractivity contribution in [2.45, 2.75) is 58.3 Å². The molecule has 0 unspecified atom stereocenters. The van der Waals surface area contributed by atoms with E-state index >= 15 is 0 Å². The van der Waals surface area contributed by atoms with E-state index < -0.39 is 5.97 Å². The summed E-state index contributed by atoms with van der Waals surface area (Å²) in [5, 5.41) is 10.1. The number of carboxylic acid groups (broad SMARTS) is 1. The molecule has 39 heavy (non-hydrogen) atoms. The first-order valence-electron chi connectivity index (χ1n) is 13.3. The fourth-order valence-electron chi connectivity index (χ4n) is 5.44. The summed E-state index contributed by atoms with van der Waals surface area (Å²) < 4.78 is 11.6. The minimum absolute atomic E-state index is 0.0199. The van der Waals surface area contributed by atoms with E-state index in [2.05, 4.69) is 27.1 Å². The van der Waals surface area contributed by atoms with Crippen molar-refractivity contribution in [2.75, 3.05) is 30.4 Å². The first-order valence-corrected chi connectivity index (χ1v) is 14.1. The molecule has 2 aromatic heterocycles. The van der Waals surface area contributed by atoms with Crippen LogP contribution < -0.4 is 20.1 Å². The van der Waals surface area contributed by atoms with Crippen LogP contribution in [0.25, 0.3) is 0 Å². The number of rotatable bonds is 8. The van der Waals surface area contributed by atoms with Crippen LogP contribution in [0.5, 0.6) is 11.9 Å². The lowest BCUT2D eigenvalue weighted by Crippen LogP contribution is -2.32. The number of carbonyl (C=O) groups is 2. The van der Waals surface area contributed by atoms with E-state index in [1.807, 2.05) is 26.0 Å². The highest BCUT2D eigenvalue weighted by molar-refractivity contribution is 7.11. The molecule has 1 amide bonds. The fourth-order valence-corrected chi connectivity index (χ4v) is 6.35. The molecule has 0 atom stereocenters. The molecule has 1 aromatic carbocycles. The van der Waals surface area contributed by atoms with Gasteiger partial charge in [0, 0.05) is 23.4 Å². The number of nitrogen functional groups attached to an aromatic ring is 1. The third-order valence-corrected chi connectivity index (χ3v) is 8.57. The Morgan fingerprint density at radius 3 is 2.56 bits per heavy atom. The van der Waals surface area contributed by atoms with Gasteiger partial charge < -0.3 is 25.2 Å². The Hall–Kier alpha value is -3.73. The molecule has 0 radical (unpaired) electrons. The molecule has 3 heterocycles. The summed E-state index contributed by atoms with van der Waals surface area (Å²) in [6, 6.07) is 8.08. The Bertz CT molecular complexity index is 1350. The predicted molar refractivity (Wildman–Crippen MR) is 148 cm³/mol. The van der Waals surface area contributed by atoms with Crippen LogP contribution in [0.4, 0.5) is 11.5 Å². The Morgan fingerprint density at radius 2 is 1.90 bits per heavy atom. The Labute approximate surface area is 231 Å². The first-order chi connectivity index (χ1) is 18.8. The molecule has 1 aliphatic heterocycles. The van der Waals surface area contributed by atoms with E-state index in [1.165, 1.54) is 5.56 Å². The maximum absolute atomic E-state index is 13.5. The number of hydrogen-bond donors (Lipinski definition) is 2. The number of carboxylic acids is 1. The van der Waals surface area contributed by atoms with Gasteiger partial charge in [-0.2, -0.15) is 9.97 Å². The van der Waals surface area contributed by atoms with Crippen molar-refractivity contribution in [3.8, 4) is 11.9 Å². The van der Waals surface area contributed by atoms with E-state index in [-0.39, 0.29) is 48.1 Å². The molecule has 11 heteroatoms. The van der Waals surface area contributed by atoms with Gasteiger partial charge in [0.2, 0.25) is 5.88 Å². The van der Waals surface area contributed by atoms with Crippen LogP contribution in [-0.4, -0.2) is 51.7 Å². The molecular weight excluding hydrogens is 518 g/mol. The van der Waals surface area contributed by atoms with Crippen LogP contribution in [0.15, 0.2) is 24.3 Å². The summed E-state index contributed by atoms with van der Waals surface area (Å²) in [6.07, 6.45) is 4.72. The summed E-state index contributed by atoms with van der Waals surface area (Å²) in [4.78, 5) is 40.3. The second kappa shape index (κ2) is 11.6. The molecule has 2 aliphatic rings. The van der Waals surface area contributed by atoms with E-state index in [9.17, 15) is 9.59 Å². The van der Waals surface area contributed by atoms with Crippen molar-refractivity contribution in [3.63, 3.8) is 0 Å². The summed E-state index contributed by atoms with van der Waals surface area (Å²) in [7, 11) is 0. The standard InChI is InChI=1S/C28H33N5O5S/c1-16-22(39-17(2)30-16)11-13-38-28-31-25(29)24-26(32-28)37-14-12-33(27(24)36)21-9-7-20(8-10-21)19-5-3-18(4-6-19)15-23(34)35/h7-10,18-19H,3-6,11-15H2,1-2H3,(H,34,35)(H2,29,31,32). The number of hydrogen-bond acceptors (Lipinski definition) is 9. The Balaban J connectivity index is 1.24. The number of aryl methyl sites for hydroxylation is 2. The second-order valence-electron chi connectivity index (χ2n) is 10.1. The zero-order valence-electron chi connectivity index (χ0n) is 22.2. The zero-order chi connectivity index (χ0) is 27.5. The highest BCUT2D eigenvalue weighted by atomic mass is 32.1. The van der Waals surface area contributed by atoms with Gasteiger partial charge in [0.1, 0.15) is 18.0 Å². The molecular formula is C28H33N5O5S. The highest BCUT2D eigenvalue weighted by Crippen LogP contribution is 2.38. The van der Waals surface area contributed by atoms with Crippen molar-refractivity contribution in [3.05, 3.63) is 51.0 Å². The van der Waals surface area contributed by atoms with Crippen molar-refractivity contribution in [1.82, 2.24) is 15.0 Å². The van der Waals surface area contributed by atoms with Gasteiger partial charge in [0.15, 0.2) is 0 Å². The largest absolute Gasteiger partial charge is 0.481 e. The fraction of sp³-hybridized carbons (Fsp3) is 0.464. The number of thiazole rings is 1. The lowest BCUT2D eigenvalue weighted by atomic mass is 9.77. The van der Waals surface area contributed by atoms with Gasteiger partial charge in [-0.3, -0.25) is 9.59 Å². The molecule has 10 nitrogen and oxygen atoms in total. The molecule has 3 N–H and O–H groups in total. The van der Waals surface area contributed by atoms with Crippen LogP contribution in [0.2, 0.25) is 0 Å². The zero-order valence-corrected chi connectivity index (χ0v) is 23.0. The molecule has 1 fully saturated rings. The van der Waals surface area contributed by atoms with Crippen molar-refractivity contribution < 1.29 is 24.2 Å². The van der Waals surface area contributed by atoms with Gasteiger partial charge in [0.05, 0.1) is 23.9 Å². The third kappa shape index (κ3) is 6.13. The summed E-state index contributed by atoms with van der Waals surface area (Å²) in [5.41, 5.74) is 9.29. The van der Waals surface area contributed by atoms with Crippen LogP contribution >= 0.6 is 11.3 Å². The monoisotopic (exact) mass is 551 g/mol. The summed E-state index contributed by atoms with van der Waals surface area (Å²) >= 11 is 1.64. The predicted octanol–water partition coefficient (Wildman–Crippen LogP) is 4.54. The molecule has 5 rings (SSSR count). The van der Waals surface area contributed by atoms with E-state index in [0.717, 1.165) is 46.9 Å². The normalized spacial score (nSPS) is 19.2. The SMILES string of the molecule is Cc1nc(C)c(CCOc2nc(N)c3c(n2)OCCN(c2ccc(C4CCC(CC(=O)O)CC4)cc2)C3=O)s1. The number of amides is 1. The average Bonchev–Trinajstić information content (AvgIpc) is 3.12. The van der Waals surface area contributed by atoms with E-state index in [0.29, 0.717) is 25.5 Å². The van der Waals surface area contributed by atoms with Crippen molar-refractivity contribution in [2.24, 2.45) is 5.92 Å². The van der Waals surface area contributed by atoms with Gasteiger partial charge >= 0.3 is 12.0 Å². The van der Waals surface area contributed by atoms with Gasteiger partial charge in [0.25, 0.3) is 5.91 Å². The number of fused-ring (bicyclic) bond motifs is 1. The Morgan fingerprint density at radius 1 is 1.15 bits per heavy atom. The quantitative estimate of drug-likeness (QED) is 0.413. The molecule has 206 valence electrons. The lowest BCUT2D eigenvalue weighted by Gasteiger charge is -2.28. The highest BCUT2D eigenvalue weighted by Gasteiger charge is 2.30. The summed E-state index contributed by atoms with van der Waals surface area (Å²) in [6.45, 7) is 4.90. The van der Waals surface area contributed by atoms with Crippen LogP contribution in [0.3, 0.4) is 0 Å². The van der Waals surface area contributed by atoms with Crippen LogP contribution in [0, 0.1) is 19.8 Å². The number of ether oxygens (including phenoxy) is 2. The smallest absolute Gasteiger partial charge is 0.321 e. The number of aliphatic carboxylic acids is 1. The van der Waals surface area contributed by atoms with Crippen LogP contribution in [0.1, 0.15) is 69.5 Å². The van der Waals surface area contributed by atoms with Crippen molar-refractivity contribution in [1.29, 1.82) is 0 Å². The molecule has 3 aromatic rings. The van der Waals surface area contributed by atoms with E-state index in [4.69, 9.17) is 20.3 Å². The Kier molecular flexibility index (Phi) is 7.97. The second-order valence-corrected chi connectivity index (χ2v) is 11.4. The molecule has 0 spiro atoms. The van der Waals surface area contributed by atoms with Gasteiger partial charge in [-0.05, 0) is 69.1 Å². The third-order valence-electron chi connectivity index (χ3n) is 7.44. The maximum atomic E-state index is 13.5.